The fourth-order valence-electron chi connectivity index (χ4n) is 1.93. The Labute approximate surface area is 114 Å². The predicted molar refractivity (Wildman–Crippen MR) is 78.4 cm³/mol. The van der Waals surface area contributed by atoms with Crippen LogP contribution in [0.15, 0.2) is 42.6 Å². The molecular weight excluding hydrogens is 234 g/mol. The van der Waals surface area contributed by atoms with E-state index in [1.54, 1.807) is 6.92 Å². The lowest BCUT2D eigenvalue weighted by Crippen LogP contribution is -2.12. The van der Waals surface area contributed by atoms with Crippen molar-refractivity contribution in [3.63, 3.8) is 0 Å². The number of carbonyl (C=O) groups is 1. The van der Waals surface area contributed by atoms with Gasteiger partial charge in [0.15, 0.2) is 5.78 Å². The number of rotatable bonds is 2. The average Bonchev–Trinajstić information content (AvgIpc) is 2.38. The van der Waals surface area contributed by atoms with E-state index in [2.05, 4.69) is 37.9 Å². The molecule has 98 valence electrons. The molecule has 0 radical (unpaired) electrons. The highest BCUT2D eigenvalue weighted by Gasteiger charge is 2.14. The maximum Gasteiger partial charge on any atom is 0.159 e. The fourth-order valence-corrected chi connectivity index (χ4v) is 1.93. The molecule has 0 amide bonds. The number of ketones is 1. The molecule has 0 saturated heterocycles. The van der Waals surface area contributed by atoms with Crippen molar-refractivity contribution in [2.24, 2.45) is 0 Å². The smallest absolute Gasteiger partial charge is 0.159 e. The maximum atomic E-state index is 11.4. The van der Waals surface area contributed by atoms with Gasteiger partial charge in [0.1, 0.15) is 0 Å². The van der Waals surface area contributed by atoms with Crippen molar-refractivity contribution in [1.82, 2.24) is 4.98 Å². The van der Waals surface area contributed by atoms with E-state index in [-0.39, 0.29) is 11.2 Å². The van der Waals surface area contributed by atoms with Crippen LogP contribution in [0.1, 0.15) is 43.7 Å². The van der Waals surface area contributed by atoms with Gasteiger partial charge in [-0.3, -0.25) is 9.78 Å². The van der Waals surface area contributed by atoms with Crippen molar-refractivity contribution >= 4 is 5.78 Å². The number of aromatic nitrogens is 1. The summed E-state index contributed by atoms with van der Waals surface area (Å²) >= 11 is 0. The lowest BCUT2D eigenvalue weighted by Gasteiger charge is -2.17. The minimum absolute atomic E-state index is 0.0553. The van der Waals surface area contributed by atoms with Gasteiger partial charge in [0.05, 0.1) is 0 Å². The second-order valence-corrected chi connectivity index (χ2v) is 5.82. The Morgan fingerprint density at radius 3 is 2.32 bits per heavy atom. The Bertz CT molecular complexity index is 591. The monoisotopic (exact) mass is 253 g/mol. The third-order valence-electron chi connectivity index (χ3n) is 3.13. The van der Waals surface area contributed by atoms with E-state index in [1.165, 1.54) is 0 Å². The second-order valence-electron chi connectivity index (χ2n) is 5.82. The lowest BCUT2D eigenvalue weighted by molar-refractivity contribution is 0.101. The predicted octanol–water partition coefficient (Wildman–Crippen LogP) is 4.25. The zero-order valence-electron chi connectivity index (χ0n) is 11.9. The molecule has 1 aromatic carbocycles. The van der Waals surface area contributed by atoms with Gasteiger partial charge in [0.2, 0.25) is 0 Å². The molecule has 1 heterocycles. The molecule has 2 nitrogen and oxygen atoms in total. The molecule has 0 bridgehead atoms. The van der Waals surface area contributed by atoms with E-state index in [9.17, 15) is 4.79 Å². The van der Waals surface area contributed by atoms with Crippen LogP contribution in [0.5, 0.6) is 0 Å². The summed E-state index contributed by atoms with van der Waals surface area (Å²) in [7, 11) is 0. The van der Waals surface area contributed by atoms with Crippen molar-refractivity contribution in [1.29, 1.82) is 0 Å². The summed E-state index contributed by atoms with van der Waals surface area (Å²) in [5.74, 6) is 0.0844. The summed E-state index contributed by atoms with van der Waals surface area (Å²) in [4.78, 5) is 15.9. The van der Waals surface area contributed by atoms with Gasteiger partial charge in [0, 0.05) is 28.4 Å². The Morgan fingerprint density at radius 1 is 1.05 bits per heavy atom. The maximum absolute atomic E-state index is 11.4. The van der Waals surface area contributed by atoms with Gasteiger partial charge in [-0.15, -0.1) is 0 Å². The van der Waals surface area contributed by atoms with Gasteiger partial charge in [-0.25, -0.2) is 0 Å². The molecular formula is C17H19NO. The van der Waals surface area contributed by atoms with Crippen LogP contribution < -0.4 is 0 Å². The quantitative estimate of drug-likeness (QED) is 0.749. The molecule has 0 aliphatic rings. The number of benzene rings is 1. The van der Waals surface area contributed by atoms with Crippen LogP contribution in [0, 0.1) is 0 Å². The summed E-state index contributed by atoms with van der Waals surface area (Å²) in [6.45, 7) is 8.02. The van der Waals surface area contributed by atoms with E-state index in [1.807, 2.05) is 30.5 Å². The van der Waals surface area contributed by atoms with E-state index in [0.717, 1.165) is 22.4 Å². The molecule has 0 atom stereocenters. The van der Waals surface area contributed by atoms with Crippen LogP contribution in [-0.4, -0.2) is 10.8 Å². The van der Waals surface area contributed by atoms with E-state index in [0.29, 0.717) is 0 Å². The van der Waals surface area contributed by atoms with Crippen molar-refractivity contribution < 1.29 is 4.79 Å². The van der Waals surface area contributed by atoms with E-state index >= 15 is 0 Å². The Kier molecular flexibility index (Phi) is 3.52. The normalized spacial score (nSPS) is 11.4. The third kappa shape index (κ3) is 3.08. The molecule has 0 aliphatic heterocycles. The standard InChI is InChI=1S/C17H19NO/c1-12(19)13-6-5-7-14(10-13)15-8-9-16(18-11-15)17(2,3)4/h5-11H,1-4H3. The molecule has 0 unspecified atom stereocenters. The van der Waals surface area contributed by atoms with Crippen LogP contribution in [0.3, 0.4) is 0 Å². The Hall–Kier alpha value is -1.96. The van der Waals surface area contributed by atoms with Crippen LogP contribution in [0.2, 0.25) is 0 Å². The number of pyridine rings is 1. The van der Waals surface area contributed by atoms with Crippen LogP contribution >= 0.6 is 0 Å². The molecule has 0 saturated carbocycles. The first-order valence-electron chi connectivity index (χ1n) is 6.46. The number of hydrogen-bond acceptors (Lipinski definition) is 2. The molecule has 0 N–H and O–H groups in total. The summed E-state index contributed by atoms with van der Waals surface area (Å²) < 4.78 is 0. The Morgan fingerprint density at radius 2 is 1.79 bits per heavy atom. The molecule has 19 heavy (non-hydrogen) atoms. The zero-order chi connectivity index (χ0) is 14.0. The zero-order valence-corrected chi connectivity index (χ0v) is 11.9. The molecule has 0 spiro atoms. The highest BCUT2D eigenvalue weighted by atomic mass is 16.1. The first-order valence-corrected chi connectivity index (χ1v) is 6.46. The van der Waals surface area contributed by atoms with Gasteiger partial charge < -0.3 is 0 Å². The molecule has 0 fully saturated rings. The number of hydrogen-bond donors (Lipinski definition) is 0. The SMILES string of the molecule is CC(=O)c1cccc(-c2ccc(C(C)(C)C)nc2)c1. The molecule has 1 aromatic heterocycles. The lowest BCUT2D eigenvalue weighted by atomic mass is 9.91. The van der Waals surface area contributed by atoms with Gasteiger partial charge in [-0.05, 0) is 24.6 Å². The van der Waals surface area contributed by atoms with Crippen LogP contribution in [-0.2, 0) is 5.41 Å². The molecule has 2 heteroatoms. The van der Waals surface area contributed by atoms with Crippen molar-refractivity contribution in [2.45, 2.75) is 33.1 Å². The van der Waals surface area contributed by atoms with Gasteiger partial charge in [-0.2, -0.15) is 0 Å². The Balaban J connectivity index is 2.37. The summed E-state index contributed by atoms with van der Waals surface area (Å²) in [5, 5.41) is 0. The van der Waals surface area contributed by atoms with Gasteiger partial charge >= 0.3 is 0 Å². The minimum Gasteiger partial charge on any atom is -0.295 e. The van der Waals surface area contributed by atoms with Crippen molar-refractivity contribution in [3.8, 4) is 11.1 Å². The van der Waals surface area contributed by atoms with Crippen molar-refractivity contribution in [3.05, 3.63) is 53.9 Å². The van der Waals surface area contributed by atoms with Crippen LogP contribution in [0.25, 0.3) is 11.1 Å². The van der Waals surface area contributed by atoms with Gasteiger partial charge in [-0.1, -0.05) is 45.0 Å². The largest absolute Gasteiger partial charge is 0.295 e. The topological polar surface area (TPSA) is 30.0 Å². The van der Waals surface area contributed by atoms with Crippen LogP contribution in [0.4, 0.5) is 0 Å². The van der Waals surface area contributed by atoms with E-state index < -0.39 is 0 Å². The number of carbonyl (C=O) groups excluding carboxylic acids is 1. The average molecular weight is 253 g/mol. The summed E-state index contributed by atoms with van der Waals surface area (Å²) in [6, 6.07) is 11.8. The van der Waals surface area contributed by atoms with Crippen molar-refractivity contribution in [2.75, 3.05) is 0 Å². The molecule has 0 aliphatic carbocycles. The fraction of sp³-hybridized carbons (Fsp3) is 0.294. The minimum atomic E-state index is 0.0553. The van der Waals surface area contributed by atoms with E-state index in [4.69, 9.17) is 0 Å². The van der Waals surface area contributed by atoms with Gasteiger partial charge in [0.25, 0.3) is 0 Å². The molecule has 2 aromatic rings. The highest BCUT2D eigenvalue weighted by Crippen LogP contribution is 2.24. The summed E-state index contributed by atoms with van der Waals surface area (Å²) in [6.07, 6.45) is 1.87. The number of nitrogens with zero attached hydrogens (tertiary/aromatic N) is 1. The third-order valence-corrected chi connectivity index (χ3v) is 3.13. The first kappa shape index (κ1) is 13.5. The first-order chi connectivity index (χ1) is 8.88. The number of Topliss-reactive ketones (excluding diaryl/α,β-unsaturated/α-hetero) is 1. The summed E-state index contributed by atoms with van der Waals surface area (Å²) in [5.41, 5.74) is 3.92. The molecule has 2 rings (SSSR count). The highest BCUT2D eigenvalue weighted by molar-refractivity contribution is 5.95. The second kappa shape index (κ2) is 4.96.